The van der Waals surface area contributed by atoms with E-state index in [0.717, 1.165) is 19.3 Å². The number of unbranched alkanes of at least 4 members (excludes halogenated alkanes) is 2. The number of sulfonamides is 1. The molecule has 0 aliphatic rings. The third-order valence-corrected chi connectivity index (χ3v) is 4.15. The fourth-order valence-corrected chi connectivity index (χ4v) is 2.84. The van der Waals surface area contributed by atoms with Gasteiger partial charge in [-0.2, -0.15) is 5.10 Å². The molecule has 0 aromatic carbocycles. The van der Waals surface area contributed by atoms with Gasteiger partial charge in [-0.05, 0) is 20.3 Å². The molecule has 0 atom stereocenters. The Labute approximate surface area is 103 Å². The van der Waals surface area contributed by atoms with Gasteiger partial charge < -0.3 is 0 Å². The minimum Gasteiger partial charge on any atom is -0.271 e. The molecule has 1 N–H and O–H groups in total. The van der Waals surface area contributed by atoms with Crippen molar-refractivity contribution in [3.05, 3.63) is 11.9 Å². The second-order valence-corrected chi connectivity index (χ2v) is 5.77. The fraction of sp³-hybridized carbons (Fsp3) is 0.727. The number of hydrogen-bond donors (Lipinski definition) is 1. The van der Waals surface area contributed by atoms with Crippen LogP contribution in [-0.2, 0) is 16.6 Å². The molecule has 5 nitrogen and oxygen atoms in total. The van der Waals surface area contributed by atoms with Crippen LogP contribution in [0.15, 0.2) is 11.1 Å². The number of hydrogen-bond acceptors (Lipinski definition) is 3. The maximum Gasteiger partial charge on any atom is 0.243 e. The van der Waals surface area contributed by atoms with E-state index >= 15 is 0 Å². The van der Waals surface area contributed by atoms with Gasteiger partial charge >= 0.3 is 0 Å². The summed E-state index contributed by atoms with van der Waals surface area (Å²) in [6.45, 7) is 6.90. The molecule has 1 heterocycles. The molecule has 1 rings (SSSR count). The molecule has 6 heteroatoms. The third kappa shape index (κ3) is 3.81. The van der Waals surface area contributed by atoms with Crippen LogP contribution >= 0.6 is 0 Å². The van der Waals surface area contributed by atoms with Crippen LogP contribution in [0.1, 0.15) is 38.8 Å². The molecule has 0 aliphatic heterocycles. The normalized spacial score (nSPS) is 11.9. The predicted molar refractivity (Wildman–Crippen MR) is 67.4 cm³/mol. The molecule has 0 saturated carbocycles. The lowest BCUT2D eigenvalue weighted by molar-refractivity contribution is 0.575. The zero-order valence-electron chi connectivity index (χ0n) is 10.7. The van der Waals surface area contributed by atoms with Crippen molar-refractivity contribution in [1.29, 1.82) is 0 Å². The van der Waals surface area contributed by atoms with Crippen LogP contribution in [-0.4, -0.2) is 24.7 Å². The Morgan fingerprint density at radius 1 is 1.35 bits per heavy atom. The monoisotopic (exact) mass is 259 g/mol. The van der Waals surface area contributed by atoms with Gasteiger partial charge in [-0.1, -0.05) is 19.8 Å². The SMILES string of the molecule is CCCCCNS(=O)(=O)c1cn(CC)nc1C. The smallest absolute Gasteiger partial charge is 0.243 e. The van der Waals surface area contributed by atoms with Gasteiger partial charge in [0, 0.05) is 19.3 Å². The Kier molecular flexibility index (Phi) is 5.14. The summed E-state index contributed by atoms with van der Waals surface area (Å²) in [6, 6.07) is 0. The van der Waals surface area contributed by atoms with E-state index in [1.807, 2.05) is 6.92 Å². The molecule has 1 aromatic heterocycles. The van der Waals surface area contributed by atoms with Crippen molar-refractivity contribution in [3.63, 3.8) is 0 Å². The molecule has 0 spiro atoms. The van der Waals surface area contributed by atoms with E-state index in [1.165, 1.54) is 0 Å². The number of nitrogens with one attached hydrogen (secondary N) is 1. The van der Waals surface area contributed by atoms with Gasteiger partial charge in [0.25, 0.3) is 0 Å². The third-order valence-electron chi connectivity index (χ3n) is 2.59. The highest BCUT2D eigenvalue weighted by atomic mass is 32.2. The second-order valence-electron chi connectivity index (χ2n) is 4.04. The summed E-state index contributed by atoms with van der Waals surface area (Å²) in [6.07, 6.45) is 4.57. The first kappa shape index (κ1) is 14.2. The van der Waals surface area contributed by atoms with Gasteiger partial charge in [0.1, 0.15) is 4.90 Å². The van der Waals surface area contributed by atoms with Gasteiger partial charge in [0.15, 0.2) is 0 Å². The van der Waals surface area contributed by atoms with Crippen molar-refractivity contribution >= 4 is 10.0 Å². The Hall–Kier alpha value is -0.880. The minimum atomic E-state index is -3.39. The van der Waals surface area contributed by atoms with Crippen molar-refractivity contribution in [1.82, 2.24) is 14.5 Å². The Morgan fingerprint density at radius 3 is 2.59 bits per heavy atom. The highest BCUT2D eigenvalue weighted by Crippen LogP contribution is 2.12. The first-order valence-electron chi connectivity index (χ1n) is 6.05. The zero-order chi connectivity index (χ0) is 12.9. The standard InChI is InChI=1S/C11H21N3O2S/c1-4-6-7-8-12-17(15,16)11-9-14(5-2)13-10(11)3/h9,12H,4-8H2,1-3H3. The van der Waals surface area contributed by atoms with Crippen LogP contribution in [0.2, 0.25) is 0 Å². The van der Waals surface area contributed by atoms with E-state index < -0.39 is 10.0 Å². The van der Waals surface area contributed by atoms with E-state index in [0.29, 0.717) is 18.8 Å². The van der Waals surface area contributed by atoms with Crippen LogP contribution in [0.25, 0.3) is 0 Å². The lowest BCUT2D eigenvalue weighted by Gasteiger charge is -2.04. The molecule has 0 unspecified atom stereocenters. The fourth-order valence-electron chi connectivity index (χ4n) is 1.58. The summed E-state index contributed by atoms with van der Waals surface area (Å²) in [5, 5.41) is 4.14. The van der Waals surface area contributed by atoms with Crippen molar-refractivity contribution in [2.45, 2.75) is 51.5 Å². The highest BCUT2D eigenvalue weighted by molar-refractivity contribution is 7.89. The molecule has 0 bridgehead atoms. The summed E-state index contributed by atoms with van der Waals surface area (Å²) in [5.74, 6) is 0. The van der Waals surface area contributed by atoms with Crippen LogP contribution in [0.4, 0.5) is 0 Å². The van der Waals surface area contributed by atoms with E-state index in [9.17, 15) is 8.42 Å². The van der Waals surface area contributed by atoms with Gasteiger partial charge in [-0.15, -0.1) is 0 Å². The van der Waals surface area contributed by atoms with E-state index in [-0.39, 0.29) is 4.90 Å². The van der Waals surface area contributed by atoms with Gasteiger partial charge in [0.05, 0.1) is 5.69 Å². The first-order valence-corrected chi connectivity index (χ1v) is 7.53. The zero-order valence-corrected chi connectivity index (χ0v) is 11.5. The van der Waals surface area contributed by atoms with Crippen LogP contribution in [0.5, 0.6) is 0 Å². The first-order chi connectivity index (χ1) is 8.01. The maximum atomic E-state index is 12.0. The molecule has 98 valence electrons. The van der Waals surface area contributed by atoms with Crippen LogP contribution in [0, 0.1) is 6.92 Å². The highest BCUT2D eigenvalue weighted by Gasteiger charge is 2.19. The van der Waals surface area contributed by atoms with Crippen molar-refractivity contribution in [2.24, 2.45) is 0 Å². The summed E-state index contributed by atoms with van der Waals surface area (Å²) in [4.78, 5) is 0.288. The average molecular weight is 259 g/mol. The number of rotatable bonds is 7. The Balaban J connectivity index is 2.72. The predicted octanol–water partition coefficient (Wildman–Crippen LogP) is 1.68. The molecular formula is C11H21N3O2S. The summed E-state index contributed by atoms with van der Waals surface area (Å²) >= 11 is 0. The topological polar surface area (TPSA) is 64.0 Å². The van der Waals surface area contributed by atoms with Crippen LogP contribution in [0.3, 0.4) is 0 Å². The quantitative estimate of drug-likeness (QED) is 0.758. The molecule has 0 aliphatic carbocycles. The molecule has 1 aromatic rings. The molecule has 0 saturated heterocycles. The van der Waals surface area contributed by atoms with Crippen molar-refractivity contribution in [3.8, 4) is 0 Å². The minimum absolute atomic E-state index is 0.288. The van der Waals surface area contributed by atoms with Gasteiger partial charge in [-0.3, -0.25) is 4.68 Å². The number of aromatic nitrogens is 2. The largest absolute Gasteiger partial charge is 0.271 e. The molecule has 0 amide bonds. The maximum absolute atomic E-state index is 12.0. The van der Waals surface area contributed by atoms with Gasteiger partial charge in [0.2, 0.25) is 10.0 Å². The van der Waals surface area contributed by atoms with Crippen molar-refractivity contribution < 1.29 is 8.42 Å². The summed E-state index contributed by atoms with van der Waals surface area (Å²) in [7, 11) is -3.39. The lowest BCUT2D eigenvalue weighted by Crippen LogP contribution is -2.25. The summed E-state index contributed by atoms with van der Waals surface area (Å²) in [5.41, 5.74) is 0.551. The van der Waals surface area contributed by atoms with E-state index in [2.05, 4.69) is 16.7 Å². The van der Waals surface area contributed by atoms with Gasteiger partial charge in [-0.25, -0.2) is 13.1 Å². The van der Waals surface area contributed by atoms with E-state index in [4.69, 9.17) is 0 Å². The number of aryl methyl sites for hydroxylation is 2. The van der Waals surface area contributed by atoms with E-state index in [1.54, 1.807) is 17.8 Å². The van der Waals surface area contributed by atoms with Crippen molar-refractivity contribution in [2.75, 3.05) is 6.54 Å². The Bertz CT molecular complexity index is 451. The second kappa shape index (κ2) is 6.16. The Morgan fingerprint density at radius 2 is 2.06 bits per heavy atom. The molecule has 0 fully saturated rings. The molecule has 17 heavy (non-hydrogen) atoms. The van der Waals surface area contributed by atoms with Crippen LogP contribution < -0.4 is 4.72 Å². The number of nitrogens with zero attached hydrogens (tertiary/aromatic N) is 2. The lowest BCUT2D eigenvalue weighted by atomic mass is 10.3. The summed E-state index contributed by atoms with van der Waals surface area (Å²) < 4.78 is 28.2. The molecular weight excluding hydrogens is 238 g/mol. The molecule has 0 radical (unpaired) electrons. The average Bonchev–Trinajstić information content (AvgIpc) is 2.67.